The van der Waals surface area contributed by atoms with Crippen LogP contribution >= 0.6 is 11.3 Å². The van der Waals surface area contributed by atoms with E-state index in [9.17, 15) is 8.42 Å². The third-order valence-electron chi connectivity index (χ3n) is 3.23. The fourth-order valence-electron chi connectivity index (χ4n) is 2.05. The van der Waals surface area contributed by atoms with Gasteiger partial charge in [0.2, 0.25) is 0 Å². The molecule has 1 saturated carbocycles. The third kappa shape index (κ3) is 2.89. The van der Waals surface area contributed by atoms with Crippen molar-refractivity contribution in [2.45, 2.75) is 30.0 Å². The van der Waals surface area contributed by atoms with Gasteiger partial charge in [-0.15, -0.1) is 11.3 Å². The van der Waals surface area contributed by atoms with E-state index in [1.54, 1.807) is 29.8 Å². The number of rotatable bonds is 5. The first-order valence-electron chi connectivity index (χ1n) is 6.41. The Morgan fingerprint density at radius 1 is 1.40 bits per heavy atom. The lowest BCUT2D eigenvalue weighted by Crippen LogP contribution is -2.30. The fraction of sp³-hybridized carbons (Fsp3) is 0.385. The normalized spacial score (nSPS) is 17.1. The van der Waals surface area contributed by atoms with Crippen molar-refractivity contribution in [1.82, 2.24) is 14.7 Å². The Labute approximate surface area is 122 Å². The molecule has 2 heterocycles. The first-order chi connectivity index (χ1) is 9.56. The lowest BCUT2D eigenvalue weighted by Gasteiger charge is -2.16. The fourth-order valence-corrected chi connectivity index (χ4v) is 4.32. The monoisotopic (exact) mass is 309 g/mol. The van der Waals surface area contributed by atoms with Crippen LogP contribution in [0.5, 0.6) is 0 Å². The SMILES string of the molecule is Cc1ccnc(C(NS(=O)(=O)c2cccs2)C2CC2)n1. The van der Waals surface area contributed by atoms with Crippen LogP contribution in [0.2, 0.25) is 0 Å². The summed E-state index contributed by atoms with van der Waals surface area (Å²) >= 11 is 1.21. The van der Waals surface area contributed by atoms with Gasteiger partial charge in [-0.3, -0.25) is 0 Å². The first kappa shape index (κ1) is 13.7. The second-order valence-electron chi connectivity index (χ2n) is 4.92. The molecular weight excluding hydrogens is 294 g/mol. The van der Waals surface area contributed by atoms with Crippen LogP contribution < -0.4 is 4.72 Å². The number of nitrogens with zero attached hydrogens (tertiary/aromatic N) is 2. The van der Waals surface area contributed by atoms with E-state index < -0.39 is 10.0 Å². The lowest BCUT2D eigenvalue weighted by molar-refractivity contribution is 0.511. The van der Waals surface area contributed by atoms with Crippen LogP contribution in [0.15, 0.2) is 34.0 Å². The van der Waals surface area contributed by atoms with E-state index in [2.05, 4.69) is 14.7 Å². The van der Waals surface area contributed by atoms with Gasteiger partial charge in [-0.25, -0.2) is 18.4 Å². The Morgan fingerprint density at radius 3 is 2.80 bits per heavy atom. The van der Waals surface area contributed by atoms with Gasteiger partial charge < -0.3 is 0 Å². The number of aryl methyl sites for hydroxylation is 1. The van der Waals surface area contributed by atoms with Crippen molar-refractivity contribution in [3.63, 3.8) is 0 Å². The van der Waals surface area contributed by atoms with E-state index in [0.29, 0.717) is 16.0 Å². The summed E-state index contributed by atoms with van der Waals surface area (Å²) in [6.45, 7) is 1.88. The van der Waals surface area contributed by atoms with Crippen molar-refractivity contribution in [3.05, 3.63) is 41.3 Å². The molecule has 20 heavy (non-hydrogen) atoms. The molecule has 1 unspecified atom stereocenters. The average Bonchev–Trinajstić information content (AvgIpc) is 3.08. The predicted octanol–water partition coefficient (Wildman–Crippen LogP) is 2.28. The molecule has 2 aromatic rings. The number of nitrogens with one attached hydrogen (secondary N) is 1. The average molecular weight is 309 g/mol. The van der Waals surface area contributed by atoms with Gasteiger partial charge in [0.1, 0.15) is 10.0 Å². The standard InChI is InChI=1S/C13H15N3O2S2/c1-9-6-7-14-13(15-9)12(10-4-5-10)16-20(17,18)11-3-2-8-19-11/h2-3,6-8,10,12,16H,4-5H2,1H3. The summed E-state index contributed by atoms with van der Waals surface area (Å²) in [4.78, 5) is 8.60. The number of hydrogen-bond acceptors (Lipinski definition) is 5. The molecule has 1 aliphatic rings. The lowest BCUT2D eigenvalue weighted by atomic mass is 10.2. The summed E-state index contributed by atoms with van der Waals surface area (Å²) in [5.41, 5.74) is 0.843. The Kier molecular flexibility index (Phi) is 3.57. The molecule has 0 amide bonds. The molecule has 0 aliphatic heterocycles. The molecule has 1 atom stereocenters. The maximum Gasteiger partial charge on any atom is 0.250 e. The number of thiophene rings is 1. The molecule has 5 nitrogen and oxygen atoms in total. The summed E-state index contributed by atoms with van der Waals surface area (Å²) in [6.07, 6.45) is 3.69. The van der Waals surface area contributed by atoms with Gasteiger partial charge in [-0.05, 0) is 43.2 Å². The Bertz CT molecular complexity index is 694. The quantitative estimate of drug-likeness (QED) is 0.919. The van der Waals surface area contributed by atoms with Crippen LogP contribution in [0.25, 0.3) is 0 Å². The van der Waals surface area contributed by atoms with Gasteiger partial charge in [0.25, 0.3) is 10.0 Å². The summed E-state index contributed by atoms with van der Waals surface area (Å²) in [5, 5.41) is 1.75. The van der Waals surface area contributed by atoms with E-state index >= 15 is 0 Å². The van der Waals surface area contributed by atoms with Gasteiger partial charge in [0.15, 0.2) is 0 Å². The van der Waals surface area contributed by atoms with E-state index in [4.69, 9.17) is 0 Å². The van der Waals surface area contributed by atoms with Crippen molar-refractivity contribution in [3.8, 4) is 0 Å². The molecule has 0 aromatic carbocycles. The highest BCUT2D eigenvalue weighted by Gasteiger charge is 2.37. The number of hydrogen-bond donors (Lipinski definition) is 1. The van der Waals surface area contributed by atoms with Crippen LogP contribution in [0, 0.1) is 12.8 Å². The van der Waals surface area contributed by atoms with Gasteiger partial charge in [0.05, 0.1) is 6.04 Å². The van der Waals surface area contributed by atoms with Gasteiger partial charge in [-0.2, -0.15) is 4.72 Å². The minimum Gasteiger partial charge on any atom is -0.240 e. The molecule has 7 heteroatoms. The zero-order chi connectivity index (χ0) is 14.2. The van der Waals surface area contributed by atoms with E-state index in [-0.39, 0.29) is 6.04 Å². The molecule has 0 bridgehead atoms. The van der Waals surface area contributed by atoms with Crippen molar-refractivity contribution in [2.24, 2.45) is 5.92 Å². The maximum absolute atomic E-state index is 12.3. The van der Waals surface area contributed by atoms with Crippen molar-refractivity contribution in [2.75, 3.05) is 0 Å². The Balaban J connectivity index is 1.89. The molecule has 1 fully saturated rings. The Morgan fingerprint density at radius 2 is 2.20 bits per heavy atom. The molecule has 106 valence electrons. The third-order valence-corrected chi connectivity index (χ3v) is 6.07. The van der Waals surface area contributed by atoms with Crippen LogP contribution in [0.4, 0.5) is 0 Å². The minimum absolute atomic E-state index is 0.298. The molecule has 3 rings (SSSR count). The Hall–Kier alpha value is -1.31. The van der Waals surface area contributed by atoms with Crippen LogP contribution in [0.3, 0.4) is 0 Å². The van der Waals surface area contributed by atoms with E-state index in [0.717, 1.165) is 18.5 Å². The summed E-state index contributed by atoms with van der Waals surface area (Å²) in [5.74, 6) is 0.860. The molecule has 0 radical (unpaired) electrons. The largest absolute Gasteiger partial charge is 0.250 e. The zero-order valence-electron chi connectivity index (χ0n) is 11.0. The molecule has 0 spiro atoms. The van der Waals surface area contributed by atoms with E-state index in [1.165, 1.54) is 11.3 Å². The second kappa shape index (κ2) is 5.23. The molecular formula is C13H15N3O2S2. The second-order valence-corrected chi connectivity index (χ2v) is 7.81. The smallest absolute Gasteiger partial charge is 0.240 e. The summed E-state index contributed by atoms with van der Waals surface area (Å²) in [6, 6.07) is 4.81. The number of sulfonamides is 1. The summed E-state index contributed by atoms with van der Waals surface area (Å²) < 4.78 is 27.8. The van der Waals surface area contributed by atoms with Crippen molar-refractivity contribution < 1.29 is 8.42 Å². The highest BCUT2D eigenvalue weighted by Crippen LogP contribution is 2.40. The van der Waals surface area contributed by atoms with E-state index in [1.807, 2.05) is 6.92 Å². The topological polar surface area (TPSA) is 72.0 Å². The van der Waals surface area contributed by atoms with Crippen molar-refractivity contribution >= 4 is 21.4 Å². The molecule has 1 aliphatic carbocycles. The van der Waals surface area contributed by atoms with Crippen LogP contribution in [-0.2, 0) is 10.0 Å². The number of aromatic nitrogens is 2. The summed E-state index contributed by atoms with van der Waals surface area (Å²) in [7, 11) is -3.49. The van der Waals surface area contributed by atoms with Gasteiger partial charge in [-0.1, -0.05) is 6.07 Å². The molecule has 2 aromatic heterocycles. The maximum atomic E-state index is 12.3. The molecule has 0 saturated heterocycles. The predicted molar refractivity (Wildman–Crippen MR) is 76.9 cm³/mol. The highest BCUT2D eigenvalue weighted by atomic mass is 32.2. The minimum atomic E-state index is -3.49. The van der Waals surface area contributed by atoms with Crippen LogP contribution in [-0.4, -0.2) is 18.4 Å². The van der Waals surface area contributed by atoms with Gasteiger partial charge in [0, 0.05) is 11.9 Å². The zero-order valence-corrected chi connectivity index (χ0v) is 12.6. The van der Waals surface area contributed by atoms with Crippen molar-refractivity contribution in [1.29, 1.82) is 0 Å². The first-order valence-corrected chi connectivity index (χ1v) is 8.78. The van der Waals surface area contributed by atoms with Gasteiger partial charge >= 0.3 is 0 Å². The van der Waals surface area contributed by atoms with Crippen LogP contribution in [0.1, 0.15) is 30.4 Å². The highest BCUT2D eigenvalue weighted by molar-refractivity contribution is 7.91. The molecule has 1 N–H and O–H groups in total.